The smallest absolute Gasteiger partial charge is 0.196 e. The summed E-state index contributed by atoms with van der Waals surface area (Å²) in [7, 11) is 4.35. The summed E-state index contributed by atoms with van der Waals surface area (Å²) in [4.78, 5) is 0. The Bertz CT molecular complexity index is 1080. The van der Waals surface area contributed by atoms with Crippen LogP contribution in [0.4, 0.5) is 0 Å². The van der Waals surface area contributed by atoms with E-state index in [1.54, 1.807) is 0 Å². The maximum atomic E-state index is 2.39. The van der Waals surface area contributed by atoms with E-state index in [9.17, 15) is 0 Å². The van der Waals surface area contributed by atoms with Crippen molar-refractivity contribution in [2.45, 2.75) is 55.0 Å². The van der Waals surface area contributed by atoms with Gasteiger partial charge in [-0.25, -0.2) is 0 Å². The van der Waals surface area contributed by atoms with Gasteiger partial charge in [-0.15, -0.1) is 0 Å². The van der Waals surface area contributed by atoms with E-state index in [-0.39, 0.29) is 0 Å². The zero-order valence-electron chi connectivity index (χ0n) is 18.9. The fraction of sp³-hybridized carbons (Fsp3) is 0.400. The Balaban J connectivity index is 2.46. The zero-order chi connectivity index (χ0) is 20.7. The molecule has 146 valence electrons. The number of hydrogen-bond acceptors (Lipinski definition) is 0. The van der Waals surface area contributed by atoms with Gasteiger partial charge < -0.3 is 0 Å². The first-order chi connectivity index (χ1) is 13.2. The number of aryl methyl sites for hydroxylation is 5. The van der Waals surface area contributed by atoms with Crippen LogP contribution in [0.5, 0.6) is 0 Å². The van der Waals surface area contributed by atoms with Crippen LogP contribution in [0.25, 0.3) is 22.8 Å². The number of hydrogen-bond donors (Lipinski definition) is 0. The standard InChI is InChI=1S/C25H34N3/c1-10-28-14-12-17(3)20(6)25(28)24-21(7)18(4)15-22(27(24)9)23-19(5)16(2)11-13-26(23)8/h11-15H,10H2,1-9H3/q+3. The number of pyridine rings is 3. The Hall–Kier alpha value is -2.55. The minimum atomic E-state index is 0.955. The van der Waals surface area contributed by atoms with E-state index in [0.29, 0.717) is 0 Å². The first kappa shape index (κ1) is 20.2. The normalized spacial score (nSPS) is 11.2. The van der Waals surface area contributed by atoms with Crippen molar-refractivity contribution in [3.8, 4) is 22.8 Å². The molecule has 0 aromatic carbocycles. The van der Waals surface area contributed by atoms with Gasteiger partial charge in [0.05, 0.1) is 0 Å². The Morgan fingerprint density at radius 3 is 1.82 bits per heavy atom. The van der Waals surface area contributed by atoms with Gasteiger partial charge >= 0.3 is 0 Å². The van der Waals surface area contributed by atoms with Crippen LogP contribution < -0.4 is 13.7 Å². The Kier molecular flexibility index (Phi) is 5.38. The zero-order valence-corrected chi connectivity index (χ0v) is 18.9. The van der Waals surface area contributed by atoms with Crippen LogP contribution in [0.3, 0.4) is 0 Å². The lowest BCUT2D eigenvalue weighted by molar-refractivity contribution is -0.706. The molecule has 0 N–H and O–H groups in total. The van der Waals surface area contributed by atoms with Crippen LogP contribution in [0.15, 0.2) is 30.6 Å². The first-order valence-electron chi connectivity index (χ1n) is 10.1. The number of rotatable bonds is 3. The largest absolute Gasteiger partial charge is 0.281 e. The number of nitrogens with zero attached hydrogens (tertiary/aromatic N) is 3. The van der Waals surface area contributed by atoms with Crippen molar-refractivity contribution in [2.75, 3.05) is 0 Å². The molecule has 0 radical (unpaired) electrons. The van der Waals surface area contributed by atoms with Crippen molar-refractivity contribution in [3.63, 3.8) is 0 Å². The molecule has 0 spiro atoms. The Labute approximate surface area is 169 Å². The predicted octanol–water partition coefficient (Wildman–Crippen LogP) is 3.83. The SMILES string of the molecule is CC[n+]1ccc(C)c(C)c1-c1c(C)c(C)cc(-c2c(C)c(C)cc[n+]2C)[n+]1C. The lowest BCUT2D eigenvalue weighted by Gasteiger charge is -2.13. The van der Waals surface area contributed by atoms with Crippen LogP contribution >= 0.6 is 0 Å². The molecule has 0 unspecified atom stereocenters. The predicted molar refractivity (Wildman–Crippen MR) is 114 cm³/mol. The van der Waals surface area contributed by atoms with E-state index >= 15 is 0 Å². The van der Waals surface area contributed by atoms with E-state index in [0.717, 1.165) is 6.54 Å². The quantitative estimate of drug-likeness (QED) is 0.616. The highest BCUT2D eigenvalue weighted by Gasteiger charge is 2.33. The Morgan fingerprint density at radius 2 is 1.21 bits per heavy atom. The van der Waals surface area contributed by atoms with E-state index in [2.05, 4.69) is 107 Å². The summed E-state index contributed by atoms with van der Waals surface area (Å²) in [6.07, 6.45) is 4.38. The molecular formula is C25H34N3+3. The van der Waals surface area contributed by atoms with Gasteiger partial charge in [-0.2, -0.15) is 13.7 Å². The molecule has 3 aromatic rings. The fourth-order valence-corrected chi connectivity index (χ4v) is 4.16. The average molecular weight is 377 g/mol. The molecular weight excluding hydrogens is 342 g/mol. The molecule has 3 heteroatoms. The maximum absolute atomic E-state index is 2.39. The van der Waals surface area contributed by atoms with Crippen LogP contribution in [-0.4, -0.2) is 0 Å². The summed E-state index contributed by atoms with van der Waals surface area (Å²) in [5, 5.41) is 0. The molecule has 0 fully saturated rings. The van der Waals surface area contributed by atoms with Crippen molar-refractivity contribution in [2.24, 2.45) is 14.1 Å². The van der Waals surface area contributed by atoms with Crippen molar-refractivity contribution in [1.82, 2.24) is 0 Å². The maximum Gasteiger partial charge on any atom is 0.281 e. The topological polar surface area (TPSA) is 11.6 Å². The first-order valence-corrected chi connectivity index (χ1v) is 10.1. The minimum Gasteiger partial charge on any atom is -0.196 e. The lowest BCUT2D eigenvalue weighted by atomic mass is 9.97. The second-order valence-electron chi connectivity index (χ2n) is 8.09. The van der Waals surface area contributed by atoms with Crippen LogP contribution in [0.2, 0.25) is 0 Å². The van der Waals surface area contributed by atoms with Crippen LogP contribution in [0.1, 0.15) is 40.3 Å². The van der Waals surface area contributed by atoms with Crippen molar-refractivity contribution >= 4 is 0 Å². The van der Waals surface area contributed by atoms with E-state index in [1.807, 2.05) is 0 Å². The molecule has 3 nitrogen and oxygen atoms in total. The summed E-state index contributed by atoms with van der Waals surface area (Å²) < 4.78 is 7.00. The van der Waals surface area contributed by atoms with Gasteiger partial charge in [0.25, 0.3) is 22.8 Å². The monoisotopic (exact) mass is 376 g/mol. The molecule has 3 heterocycles. The molecule has 28 heavy (non-hydrogen) atoms. The summed E-state index contributed by atoms with van der Waals surface area (Å²) in [6.45, 7) is 16.5. The fourth-order valence-electron chi connectivity index (χ4n) is 4.16. The van der Waals surface area contributed by atoms with Gasteiger partial charge in [-0.1, -0.05) is 0 Å². The molecule has 0 atom stereocenters. The molecule has 0 bridgehead atoms. The second kappa shape index (κ2) is 7.46. The minimum absolute atomic E-state index is 0.955. The van der Waals surface area contributed by atoms with E-state index in [1.165, 1.54) is 56.2 Å². The summed E-state index contributed by atoms with van der Waals surface area (Å²) in [5.74, 6) is 0. The molecule has 0 saturated carbocycles. The Morgan fingerprint density at radius 1 is 0.679 bits per heavy atom. The third-order valence-electron chi connectivity index (χ3n) is 6.39. The molecule has 0 amide bonds. The summed E-state index contributed by atoms with van der Waals surface area (Å²) in [5.41, 5.74) is 13.2. The van der Waals surface area contributed by atoms with Gasteiger partial charge in [0.1, 0.15) is 20.6 Å². The summed E-state index contributed by atoms with van der Waals surface area (Å²) in [6, 6.07) is 6.75. The molecule has 0 aliphatic carbocycles. The highest BCUT2D eigenvalue weighted by Crippen LogP contribution is 2.28. The van der Waals surface area contributed by atoms with Crippen molar-refractivity contribution < 1.29 is 13.7 Å². The number of aromatic nitrogens is 3. The third-order valence-corrected chi connectivity index (χ3v) is 6.39. The van der Waals surface area contributed by atoms with Gasteiger partial charge in [0.15, 0.2) is 12.4 Å². The van der Waals surface area contributed by atoms with Gasteiger partial charge in [0, 0.05) is 34.9 Å². The van der Waals surface area contributed by atoms with Crippen molar-refractivity contribution in [1.29, 1.82) is 0 Å². The van der Waals surface area contributed by atoms with Gasteiger partial charge in [-0.05, 0) is 65.2 Å². The van der Waals surface area contributed by atoms with Gasteiger partial charge in [-0.3, -0.25) is 0 Å². The third kappa shape index (κ3) is 3.13. The van der Waals surface area contributed by atoms with Crippen LogP contribution in [0, 0.1) is 41.5 Å². The molecule has 3 aromatic heterocycles. The molecule has 0 saturated heterocycles. The second-order valence-corrected chi connectivity index (χ2v) is 8.09. The summed E-state index contributed by atoms with van der Waals surface area (Å²) >= 11 is 0. The average Bonchev–Trinajstić information content (AvgIpc) is 2.66. The highest BCUT2D eigenvalue weighted by atomic mass is 15.0. The van der Waals surface area contributed by atoms with E-state index in [4.69, 9.17) is 0 Å². The lowest BCUT2D eigenvalue weighted by Crippen LogP contribution is -2.45. The van der Waals surface area contributed by atoms with Crippen LogP contribution in [-0.2, 0) is 20.6 Å². The van der Waals surface area contributed by atoms with Crippen molar-refractivity contribution in [3.05, 3.63) is 64.0 Å². The molecule has 0 aliphatic rings. The van der Waals surface area contributed by atoms with E-state index < -0.39 is 0 Å². The molecule has 0 aliphatic heterocycles. The molecule has 3 rings (SSSR count). The highest BCUT2D eigenvalue weighted by molar-refractivity contribution is 5.64. The van der Waals surface area contributed by atoms with Gasteiger partial charge in [0.2, 0.25) is 0 Å².